The second-order valence-electron chi connectivity index (χ2n) is 6.32. The summed E-state index contributed by atoms with van der Waals surface area (Å²) in [7, 11) is 0. The van der Waals surface area contributed by atoms with Crippen molar-refractivity contribution in [3.05, 3.63) is 58.4 Å². The van der Waals surface area contributed by atoms with E-state index in [2.05, 4.69) is 15.2 Å². The van der Waals surface area contributed by atoms with E-state index in [-0.39, 0.29) is 11.9 Å². The van der Waals surface area contributed by atoms with Gasteiger partial charge in [-0.25, -0.2) is 4.98 Å². The summed E-state index contributed by atoms with van der Waals surface area (Å²) < 4.78 is 5.79. The smallest absolute Gasteiger partial charge is 0.241 e. The molecule has 2 aromatic carbocycles. The zero-order valence-corrected chi connectivity index (χ0v) is 15.4. The molecule has 0 bridgehead atoms. The largest absolute Gasteiger partial charge is 0.439 e. The summed E-state index contributed by atoms with van der Waals surface area (Å²) in [5.41, 5.74) is 2.15. The van der Waals surface area contributed by atoms with Gasteiger partial charge >= 0.3 is 0 Å². The summed E-state index contributed by atoms with van der Waals surface area (Å²) in [6.45, 7) is 1.33. The van der Waals surface area contributed by atoms with Crippen LogP contribution in [0, 0.1) is 0 Å². The third-order valence-electron chi connectivity index (χ3n) is 4.53. The fraction of sp³-hybridized carbons (Fsp3) is 0.263. The Bertz CT molecular complexity index is 924. The summed E-state index contributed by atoms with van der Waals surface area (Å²) in [5, 5.41) is 3.86. The Hall–Kier alpha value is -2.08. The van der Waals surface area contributed by atoms with E-state index in [1.54, 1.807) is 18.2 Å². The molecule has 1 saturated heterocycles. The van der Waals surface area contributed by atoms with Crippen LogP contribution in [0.4, 0.5) is 5.69 Å². The first-order chi connectivity index (χ1) is 12.6. The van der Waals surface area contributed by atoms with E-state index >= 15 is 0 Å². The molecule has 1 aliphatic heterocycles. The molecule has 1 amide bonds. The maximum atomic E-state index is 12.7. The van der Waals surface area contributed by atoms with Crippen LogP contribution in [0.15, 0.2) is 46.9 Å². The molecule has 0 saturated carbocycles. The van der Waals surface area contributed by atoms with E-state index < -0.39 is 0 Å². The Morgan fingerprint density at radius 3 is 2.92 bits per heavy atom. The molecule has 1 aromatic heterocycles. The van der Waals surface area contributed by atoms with Gasteiger partial charge in [-0.3, -0.25) is 9.69 Å². The normalized spacial score (nSPS) is 17.7. The van der Waals surface area contributed by atoms with Gasteiger partial charge in [0.05, 0.1) is 23.3 Å². The molecule has 2 heterocycles. The van der Waals surface area contributed by atoms with Gasteiger partial charge in [-0.15, -0.1) is 0 Å². The standard InChI is InChI=1S/C19H17Cl2N3O2/c20-12-7-8-14(13(21)10-12)23-19(25)16-5-3-9-24(16)11-18-22-15-4-1-2-6-17(15)26-18/h1-2,4,6-8,10,16H,3,5,9,11H2,(H,23,25)/t16-/m0/s1. The number of likely N-dealkylation sites (tertiary alicyclic amines) is 1. The van der Waals surface area contributed by atoms with Crippen molar-refractivity contribution in [2.45, 2.75) is 25.4 Å². The number of nitrogens with one attached hydrogen (secondary N) is 1. The van der Waals surface area contributed by atoms with Crippen LogP contribution in [-0.2, 0) is 11.3 Å². The maximum absolute atomic E-state index is 12.7. The molecule has 5 nitrogen and oxygen atoms in total. The van der Waals surface area contributed by atoms with Crippen molar-refractivity contribution >= 4 is 45.9 Å². The highest BCUT2D eigenvalue weighted by molar-refractivity contribution is 6.36. The Kier molecular flexibility index (Phi) is 4.85. The number of fused-ring (bicyclic) bond motifs is 1. The van der Waals surface area contributed by atoms with E-state index in [9.17, 15) is 4.79 Å². The number of aromatic nitrogens is 1. The number of halogens is 2. The predicted molar refractivity (Wildman–Crippen MR) is 103 cm³/mol. The number of hydrogen-bond donors (Lipinski definition) is 1. The number of oxazole rings is 1. The van der Waals surface area contributed by atoms with Gasteiger partial charge in [0.15, 0.2) is 5.58 Å². The highest BCUT2D eigenvalue weighted by Gasteiger charge is 2.32. The van der Waals surface area contributed by atoms with Crippen molar-refractivity contribution in [2.75, 3.05) is 11.9 Å². The van der Waals surface area contributed by atoms with E-state index in [4.69, 9.17) is 27.6 Å². The van der Waals surface area contributed by atoms with Crippen molar-refractivity contribution in [3.63, 3.8) is 0 Å². The maximum Gasteiger partial charge on any atom is 0.241 e. The van der Waals surface area contributed by atoms with E-state index in [1.165, 1.54) is 0 Å². The minimum absolute atomic E-state index is 0.0807. The zero-order valence-electron chi connectivity index (χ0n) is 13.9. The third kappa shape index (κ3) is 3.56. The summed E-state index contributed by atoms with van der Waals surface area (Å²) in [4.78, 5) is 19.3. The molecule has 0 aliphatic carbocycles. The molecule has 0 radical (unpaired) electrons. The first-order valence-corrected chi connectivity index (χ1v) is 9.20. The number of carbonyl (C=O) groups is 1. The fourth-order valence-corrected chi connectivity index (χ4v) is 3.74. The quantitative estimate of drug-likeness (QED) is 0.699. The molecule has 0 spiro atoms. The van der Waals surface area contributed by atoms with Crippen molar-refractivity contribution in [1.29, 1.82) is 0 Å². The van der Waals surface area contributed by atoms with Crippen LogP contribution < -0.4 is 5.32 Å². The minimum Gasteiger partial charge on any atom is -0.439 e. The van der Waals surface area contributed by atoms with Gasteiger partial charge in [-0.1, -0.05) is 35.3 Å². The van der Waals surface area contributed by atoms with Gasteiger partial charge in [0, 0.05) is 5.02 Å². The number of hydrogen-bond acceptors (Lipinski definition) is 4. The molecule has 1 atom stereocenters. The number of rotatable bonds is 4. The van der Waals surface area contributed by atoms with Crippen LogP contribution in [-0.4, -0.2) is 28.4 Å². The molecule has 1 N–H and O–H groups in total. The Morgan fingerprint density at radius 1 is 1.27 bits per heavy atom. The topological polar surface area (TPSA) is 58.4 Å². The van der Waals surface area contributed by atoms with Crippen LogP contribution in [0.5, 0.6) is 0 Å². The molecule has 7 heteroatoms. The molecule has 0 unspecified atom stereocenters. The van der Waals surface area contributed by atoms with Gasteiger partial charge in [0.2, 0.25) is 11.8 Å². The highest BCUT2D eigenvalue weighted by atomic mass is 35.5. The van der Waals surface area contributed by atoms with Gasteiger partial charge in [-0.2, -0.15) is 0 Å². The number of anilines is 1. The highest BCUT2D eigenvalue weighted by Crippen LogP contribution is 2.27. The van der Waals surface area contributed by atoms with Crippen molar-refractivity contribution < 1.29 is 9.21 Å². The van der Waals surface area contributed by atoms with Crippen molar-refractivity contribution in [3.8, 4) is 0 Å². The van der Waals surface area contributed by atoms with Crippen molar-refractivity contribution in [2.24, 2.45) is 0 Å². The molecule has 134 valence electrons. The van der Waals surface area contributed by atoms with Gasteiger partial charge in [0.25, 0.3) is 0 Å². The number of amides is 1. The number of carbonyl (C=O) groups excluding carboxylic acids is 1. The average Bonchev–Trinajstić information content (AvgIpc) is 3.23. The molecular formula is C19H17Cl2N3O2. The molecule has 1 fully saturated rings. The number of para-hydroxylation sites is 2. The average molecular weight is 390 g/mol. The van der Waals surface area contributed by atoms with Crippen LogP contribution in [0.2, 0.25) is 10.0 Å². The molecule has 4 rings (SSSR count). The Labute approximate surface area is 160 Å². The van der Waals surface area contributed by atoms with E-state index in [0.717, 1.165) is 30.5 Å². The van der Waals surface area contributed by atoms with Crippen LogP contribution in [0.3, 0.4) is 0 Å². The molecule has 3 aromatic rings. The monoisotopic (exact) mass is 389 g/mol. The van der Waals surface area contributed by atoms with Crippen LogP contribution in [0.1, 0.15) is 18.7 Å². The molecule has 26 heavy (non-hydrogen) atoms. The summed E-state index contributed by atoms with van der Waals surface area (Å²) in [5.74, 6) is 0.540. The molecule has 1 aliphatic rings. The zero-order chi connectivity index (χ0) is 18.1. The first kappa shape index (κ1) is 17.3. The lowest BCUT2D eigenvalue weighted by Gasteiger charge is -2.22. The number of nitrogens with zero attached hydrogens (tertiary/aromatic N) is 2. The SMILES string of the molecule is O=C(Nc1ccc(Cl)cc1Cl)[C@@H]1CCCN1Cc1nc2ccccc2o1. The first-order valence-electron chi connectivity index (χ1n) is 8.44. The van der Waals surface area contributed by atoms with Gasteiger partial charge in [0.1, 0.15) is 5.52 Å². The second-order valence-corrected chi connectivity index (χ2v) is 7.16. The Morgan fingerprint density at radius 2 is 2.12 bits per heavy atom. The summed E-state index contributed by atoms with van der Waals surface area (Å²) in [6.07, 6.45) is 1.74. The number of benzene rings is 2. The minimum atomic E-state index is -0.239. The van der Waals surface area contributed by atoms with Crippen LogP contribution in [0.25, 0.3) is 11.1 Å². The Balaban J connectivity index is 1.47. The summed E-state index contributed by atoms with van der Waals surface area (Å²) >= 11 is 12.1. The summed E-state index contributed by atoms with van der Waals surface area (Å²) in [6, 6.07) is 12.4. The van der Waals surface area contributed by atoms with Gasteiger partial charge < -0.3 is 9.73 Å². The van der Waals surface area contributed by atoms with Crippen LogP contribution >= 0.6 is 23.2 Å². The van der Waals surface area contributed by atoms with Gasteiger partial charge in [-0.05, 0) is 49.7 Å². The third-order valence-corrected chi connectivity index (χ3v) is 5.08. The fourth-order valence-electron chi connectivity index (χ4n) is 3.28. The second kappa shape index (κ2) is 7.27. The predicted octanol–water partition coefficient (Wildman–Crippen LogP) is 4.74. The van der Waals surface area contributed by atoms with Crippen molar-refractivity contribution in [1.82, 2.24) is 9.88 Å². The lowest BCUT2D eigenvalue weighted by Crippen LogP contribution is -2.39. The molecular weight excluding hydrogens is 373 g/mol. The lowest BCUT2D eigenvalue weighted by molar-refractivity contribution is -0.120. The van der Waals surface area contributed by atoms with E-state index in [1.807, 2.05) is 24.3 Å². The van der Waals surface area contributed by atoms with E-state index in [0.29, 0.717) is 28.2 Å². The lowest BCUT2D eigenvalue weighted by atomic mass is 10.2.